The van der Waals surface area contributed by atoms with Crippen LogP contribution in [0.1, 0.15) is 27.3 Å². The van der Waals surface area contributed by atoms with Gasteiger partial charge < -0.3 is 14.8 Å². The van der Waals surface area contributed by atoms with Crippen molar-refractivity contribution >= 4 is 5.91 Å². The average Bonchev–Trinajstić information content (AvgIpc) is 3.08. The fraction of sp³-hybridized carbons (Fsp3) is 0.217. The van der Waals surface area contributed by atoms with E-state index in [4.69, 9.17) is 15.9 Å². The fourth-order valence-corrected chi connectivity index (χ4v) is 2.99. The van der Waals surface area contributed by atoms with Crippen LogP contribution >= 0.6 is 0 Å². The van der Waals surface area contributed by atoms with Crippen LogP contribution in [0, 0.1) is 26.2 Å². The van der Waals surface area contributed by atoms with E-state index in [0.29, 0.717) is 23.6 Å². The van der Waals surface area contributed by atoms with Gasteiger partial charge in [0.25, 0.3) is 5.91 Å². The molecule has 0 atom stereocenters. The van der Waals surface area contributed by atoms with Crippen molar-refractivity contribution in [3.05, 3.63) is 71.0 Å². The maximum Gasteiger partial charge on any atom is 0.251 e. The summed E-state index contributed by atoms with van der Waals surface area (Å²) in [6, 6.07) is 14.8. The molecule has 0 radical (unpaired) electrons. The molecule has 3 aromatic rings. The number of amides is 1. The number of hydrogen-bond donors (Lipinski definition) is 1. The number of ether oxygens (including phenoxy) is 2. The molecule has 1 aromatic heterocycles. The minimum absolute atomic E-state index is 0.147. The monoisotopic (exact) mass is 389 g/mol. The minimum Gasteiger partial charge on any atom is -0.493 e. The lowest BCUT2D eigenvalue weighted by atomic mass is 10.1. The van der Waals surface area contributed by atoms with Crippen molar-refractivity contribution in [1.29, 1.82) is 0 Å². The molecule has 148 valence electrons. The van der Waals surface area contributed by atoms with Crippen molar-refractivity contribution in [2.24, 2.45) is 0 Å². The number of carbonyl (C=O) groups is 1. The molecule has 0 saturated heterocycles. The molecule has 29 heavy (non-hydrogen) atoms. The van der Waals surface area contributed by atoms with Crippen LogP contribution in [0.25, 0.3) is 5.69 Å². The smallest absolute Gasteiger partial charge is 0.251 e. The van der Waals surface area contributed by atoms with Gasteiger partial charge in [-0.1, -0.05) is 12.0 Å². The number of terminal acetylenes is 1. The first-order chi connectivity index (χ1) is 14.0. The molecule has 2 aromatic carbocycles. The molecule has 0 aliphatic heterocycles. The molecule has 0 fully saturated rings. The van der Waals surface area contributed by atoms with Gasteiger partial charge in [0, 0.05) is 17.8 Å². The fourth-order valence-electron chi connectivity index (χ4n) is 2.99. The summed E-state index contributed by atoms with van der Waals surface area (Å²) in [4.78, 5) is 12.5. The summed E-state index contributed by atoms with van der Waals surface area (Å²) in [6.45, 7) is 4.45. The molecule has 0 aliphatic rings. The van der Waals surface area contributed by atoms with Gasteiger partial charge in [0.1, 0.15) is 6.61 Å². The Morgan fingerprint density at radius 1 is 1.14 bits per heavy atom. The van der Waals surface area contributed by atoms with E-state index < -0.39 is 0 Å². The molecule has 0 aliphatic carbocycles. The van der Waals surface area contributed by atoms with Gasteiger partial charge in [0.05, 0.1) is 18.5 Å². The first-order valence-corrected chi connectivity index (χ1v) is 9.17. The van der Waals surface area contributed by atoms with Crippen LogP contribution in [-0.2, 0) is 6.54 Å². The van der Waals surface area contributed by atoms with E-state index in [1.807, 2.05) is 48.9 Å². The van der Waals surface area contributed by atoms with Gasteiger partial charge in [0.2, 0.25) is 0 Å². The third kappa shape index (κ3) is 4.77. The lowest BCUT2D eigenvalue weighted by Gasteiger charge is -2.12. The summed E-state index contributed by atoms with van der Waals surface area (Å²) < 4.78 is 12.6. The topological polar surface area (TPSA) is 65.4 Å². The number of hydrogen-bond acceptors (Lipinski definition) is 4. The molecule has 0 unspecified atom stereocenters. The number of aromatic nitrogens is 2. The van der Waals surface area contributed by atoms with Crippen LogP contribution in [0.4, 0.5) is 0 Å². The highest BCUT2D eigenvalue weighted by atomic mass is 16.5. The van der Waals surface area contributed by atoms with E-state index in [9.17, 15) is 4.79 Å². The van der Waals surface area contributed by atoms with Crippen molar-refractivity contribution in [3.63, 3.8) is 0 Å². The van der Waals surface area contributed by atoms with E-state index in [1.54, 1.807) is 25.3 Å². The molecule has 0 saturated carbocycles. The SMILES string of the molecule is C#CCOc1cc(CNC(=O)c2ccc(-n3nc(C)cc3C)cc2)ccc1OC. The van der Waals surface area contributed by atoms with E-state index in [2.05, 4.69) is 16.3 Å². The van der Waals surface area contributed by atoms with E-state index in [0.717, 1.165) is 22.6 Å². The first kappa shape index (κ1) is 20.0. The summed E-state index contributed by atoms with van der Waals surface area (Å²) in [5.41, 5.74) is 4.37. The second-order valence-corrected chi connectivity index (χ2v) is 6.55. The van der Waals surface area contributed by atoms with Gasteiger partial charge >= 0.3 is 0 Å². The van der Waals surface area contributed by atoms with Crippen molar-refractivity contribution < 1.29 is 14.3 Å². The van der Waals surface area contributed by atoms with E-state index >= 15 is 0 Å². The average molecular weight is 389 g/mol. The largest absolute Gasteiger partial charge is 0.493 e. The normalized spacial score (nSPS) is 10.3. The minimum atomic E-state index is -0.160. The Balaban J connectivity index is 1.66. The predicted octanol–water partition coefficient (Wildman–Crippen LogP) is 3.44. The van der Waals surface area contributed by atoms with Crippen molar-refractivity contribution in [1.82, 2.24) is 15.1 Å². The Hall–Kier alpha value is -3.72. The molecule has 1 amide bonds. The number of carbonyl (C=O) groups excluding carboxylic acids is 1. The van der Waals surface area contributed by atoms with Gasteiger partial charge in [-0.05, 0) is 61.9 Å². The van der Waals surface area contributed by atoms with Gasteiger partial charge in [-0.3, -0.25) is 4.79 Å². The molecule has 6 nitrogen and oxygen atoms in total. The van der Waals surface area contributed by atoms with Crippen LogP contribution in [0.2, 0.25) is 0 Å². The standard InChI is InChI=1S/C23H23N3O3/c1-5-12-29-22-14-18(6-11-21(22)28-4)15-24-23(27)19-7-9-20(10-8-19)26-17(3)13-16(2)25-26/h1,6-11,13-14H,12,15H2,2-4H3,(H,24,27). The molecule has 0 spiro atoms. The van der Waals surface area contributed by atoms with Crippen molar-refractivity contribution in [3.8, 4) is 29.5 Å². The summed E-state index contributed by atoms with van der Waals surface area (Å²) in [5.74, 6) is 3.41. The molecule has 6 heteroatoms. The molecule has 3 rings (SSSR count). The second-order valence-electron chi connectivity index (χ2n) is 6.55. The summed E-state index contributed by atoms with van der Waals surface area (Å²) in [5, 5.41) is 7.37. The molecule has 0 bridgehead atoms. The lowest BCUT2D eigenvalue weighted by molar-refractivity contribution is 0.0951. The summed E-state index contributed by atoms with van der Waals surface area (Å²) in [6.07, 6.45) is 5.25. The number of benzene rings is 2. The Morgan fingerprint density at radius 3 is 2.52 bits per heavy atom. The van der Waals surface area contributed by atoms with Crippen molar-refractivity contribution in [2.75, 3.05) is 13.7 Å². The third-order valence-corrected chi connectivity index (χ3v) is 4.38. The molecular formula is C23H23N3O3. The summed E-state index contributed by atoms with van der Waals surface area (Å²) >= 11 is 0. The van der Waals surface area contributed by atoms with Gasteiger partial charge in [-0.2, -0.15) is 5.10 Å². The lowest BCUT2D eigenvalue weighted by Crippen LogP contribution is -2.22. The maximum atomic E-state index is 12.5. The van der Waals surface area contributed by atoms with Crippen LogP contribution in [0.5, 0.6) is 11.5 Å². The maximum absolute atomic E-state index is 12.5. The zero-order valence-corrected chi connectivity index (χ0v) is 16.7. The number of aryl methyl sites for hydroxylation is 2. The van der Waals surface area contributed by atoms with Crippen molar-refractivity contribution in [2.45, 2.75) is 20.4 Å². The first-order valence-electron chi connectivity index (χ1n) is 9.17. The number of rotatable bonds is 7. The Morgan fingerprint density at radius 2 is 1.90 bits per heavy atom. The van der Waals surface area contributed by atoms with E-state index in [-0.39, 0.29) is 12.5 Å². The van der Waals surface area contributed by atoms with Crippen LogP contribution in [-0.4, -0.2) is 29.4 Å². The molecule has 1 heterocycles. The molecule has 1 N–H and O–H groups in total. The number of nitrogens with one attached hydrogen (secondary N) is 1. The Kier molecular flexibility index (Phi) is 6.20. The second kappa shape index (κ2) is 8.98. The summed E-state index contributed by atoms with van der Waals surface area (Å²) in [7, 11) is 1.56. The zero-order chi connectivity index (χ0) is 20.8. The van der Waals surface area contributed by atoms with Crippen LogP contribution < -0.4 is 14.8 Å². The van der Waals surface area contributed by atoms with E-state index in [1.165, 1.54) is 0 Å². The quantitative estimate of drug-likeness (QED) is 0.629. The van der Waals surface area contributed by atoms with Gasteiger partial charge in [-0.15, -0.1) is 6.42 Å². The van der Waals surface area contributed by atoms with Gasteiger partial charge in [-0.25, -0.2) is 4.68 Å². The van der Waals surface area contributed by atoms with Crippen LogP contribution in [0.3, 0.4) is 0 Å². The predicted molar refractivity (Wildman–Crippen MR) is 112 cm³/mol. The highest BCUT2D eigenvalue weighted by molar-refractivity contribution is 5.94. The highest BCUT2D eigenvalue weighted by Gasteiger charge is 2.10. The number of methoxy groups -OCH3 is 1. The Labute approximate surface area is 170 Å². The third-order valence-electron chi connectivity index (χ3n) is 4.38. The Bertz CT molecular complexity index is 1050. The van der Waals surface area contributed by atoms with Crippen LogP contribution in [0.15, 0.2) is 48.5 Å². The highest BCUT2D eigenvalue weighted by Crippen LogP contribution is 2.28. The van der Waals surface area contributed by atoms with Gasteiger partial charge in [0.15, 0.2) is 11.5 Å². The number of nitrogens with zero attached hydrogens (tertiary/aromatic N) is 2. The zero-order valence-electron chi connectivity index (χ0n) is 16.7. The molecular weight excluding hydrogens is 366 g/mol.